The summed E-state index contributed by atoms with van der Waals surface area (Å²) in [6, 6.07) is 2.02. The van der Waals surface area contributed by atoms with E-state index in [-0.39, 0.29) is 24.1 Å². The Morgan fingerprint density at radius 3 is 2.95 bits per heavy atom. The molecule has 1 aromatic rings. The van der Waals surface area contributed by atoms with Crippen LogP contribution in [-0.2, 0) is 9.59 Å². The number of hydrogen-bond acceptors (Lipinski definition) is 5. The van der Waals surface area contributed by atoms with E-state index in [9.17, 15) is 14.4 Å². The van der Waals surface area contributed by atoms with Crippen LogP contribution >= 0.6 is 11.8 Å². The number of carboxylic acids is 1. The molecule has 120 valence electrons. The van der Waals surface area contributed by atoms with Crippen LogP contribution in [0.15, 0.2) is 22.8 Å². The molecule has 1 aliphatic rings. The number of carbonyl (C=O) groups is 3. The smallest absolute Gasteiger partial charge is 0.305 e. The normalized spacial score (nSPS) is 19.5. The summed E-state index contributed by atoms with van der Waals surface area (Å²) in [6.07, 6.45) is 1.30. The van der Waals surface area contributed by atoms with E-state index in [1.807, 2.05) is 0 Å². The largest absolute Gasteiger partial charge is 0.481 e. The van der Waals surface area contributed by atoms with Gasteiger partial charge in [0.15, 0.2) is 5.76 Å². The van der Waals surface area contributed by atoms with E-state index in [0.29, 0.717) is 12.3 Å². The van der Waals surface area contributed by atoms with Crippen molar-refractivity contribution in [1.82, 2.24) is 10.2 Å². The van der Waals surface area contributed by atoms with Gasteiger partial charge in [-0.2, -0.15) is 11.8 Å². The number of aliphatic carboxylic acids is 1. The van der Waals surface area contributed by atoms with Crippen LogP contribution in [0.1, 0.15) is 23.9 Å². The minimum absolute atomic E-state index is 0.0857. The third-order valence-corrected chi connectivity index (χ3v) is 4.48. The van der Waals surface area contributed by atoms with Crippen LogP contribution in [0.2, 0.25) is 0 Å². The Morgan fingerprint density at radius 1 is 1.55 bits per heavy atom. The molecule has 0 aromatic carbocycles. The number of amides is 2. The molecule has 0 radical (unpaired) electrons. The van der Waals surface area contributed by atoms with Crippen LogP contribution < -0.4 is 5.32 Å². The number of hydrogen-bond donors (Lipinski definition) is 2. The summed E-state index contributed by atoms with van der Waals surface area (Å²) in [7, 11) is 0. The van der Waals surface area contributed by atoms with Crippen LogP contribution in [0.4, 0.5) is 0 Å². The Morgan fingerprint density at radius 2 is 2.32 bits per heavy atom. The van der Waals surface area contributed by atoms with E-state index in [1.165, 1.54) is 12.3 Å². The van der Waals surface area contributed by atoms with Crippen molar-refractivity contribution < 1.29 is 23.9 Å². The SMILES string of the molecule is CC(NC(=O)c1ccco1)C(=O)N1CCSCC1CC(=O)O. The van der Waals surface area contributed by atoms with Gasteiger partial charge in [-0.25, -0.2) is 0 Å². The second kappa shape index (κ2) is 7.35. The molecule has 0 aliphatic carbocycles. The molecule has 0 bridgehead atoms. The van der Waals surface area contributed by atoms with E-state index >= 15 is 0 Å². The van der Waals surface area contributed by atoms with Crippen molar-refractivity contribution in [2.75, 3.05) is 18.1 Å². The molecule has 2 amide bonds. The number of carbonyl (C=O) groups excluding carboxylic acids is 2. The first-order valence-electron chi connectivity index (χ1n) is 6.93. The zero-order valence-electron chi connectivity index (χ0n) is 12.2. The Kier molecular flexibility index (Phi) is 5.48. The van der Waals surface area contributed by atoms with Crippen molar-refractivity contribution in [3.63, 3.8) is 0 Å². The Bertz CT molecular complexity index is 545. The third kappa shape index (κ3) is 4.03. The molecule has 1 saturated heterocycles. The van der Waals surface area contributed by atoms with Crippen LogP contribution in [0, 0.1) is 0 Å². The van der Waals surface area contributed by atoms with Crippen molar-refractivity contribution >= 4 is 29.5 Å². The molecule has 22 heavy (non-hydrogen) atoms. The van der Waals surface area contributed by atoms with Gasteiger partial charge in [-0.1, -0.05) is 0 Å². The van der Waals surface area contributed by atoms with Gasteiger partial charge in [-0.3, -0.25) is 14.4 Å². The van der Waals surface area contributed by atoms with E-state index < -0.39 is 17.9 Å². The maximum atomic E-state index is 12.5. The molecule has 0 saturated carbocycles. The molecular weight excluding hydrogens is 308 g/mol. The van der Waals surface area contributed by atoms with Gasteiger partial charge in [-0.05, 0) is 19.1 Å². The monoisotopic (exact) mass is 326 g/mol. The summed E-state index contributed by atoms with van der Waals surface area (Å²) >= 11 is 1.63. The first-order chi connectivity index (χ1) is 10.5. The summed E-state index contributed by atoms with van der Waals surface area (Å²) < 4.78 is 4.98. The number of rotatable bonds is 5. The van der Waals surface area contributed by atoms with Crippen molar-refractivity contribution in [3.05, 3.63) is 24.2 Å². The predicted molar refractivity (Wildman–Crippen MR) is 80.7 cm³/mol. The van der Waals surface area contributed by atoms with Crippen LogP contribution in [0.25, 0.3) is 0 Å². The van der Waals surface area contributed by atoms with E-state index in [4.69, 9.17) is 9.52 Å². The lowest BCUT2D eigenvalue weighted by Crippen LogP contribution is -2.54. The fraction of sp³-hybridized carbons (Fsp3) is 0.500. The quantitative estimate of drug-likeness (QED) is 0.831. The highest BCUT2D eigenvalue weighted by molar-refractivity contribution is 7.99. The Balaban J connectivity index is 1.98. The molecule has 1 aliphatic heterocycles. The number of carboxylic acid groups (broad SMARTS) is 1. The fourth-order valence-corrected chi connectivity index (χ4v) is 3.36. The lowest BCUT2D eigenvalue weighted by atomic mass is 10.1. The summed E-state index contributed by atoms with van der Waals surface area (Å²) in [6.45, 7) is 2.07. The maximum absolute atomic E-state index is 12.5. The van der Waals surface area contributed by atoms with Gasteiger partial charge in [0, 0.05) is 18.1 Å². The van der Waals surface area contributed by atoms with Crippen molar-refractivity contribution in [3.8, 4) is 0 Å². The molecule has 8 heteroatoms. The standard InChI is InChI=1S/C14H18N2O5S/c1-9(15-13(19)11-3-2-5-21-11)14(20)16-4-6-22-8-10(16)7-12(17)18/h2-3,5,9-10H,4,6-8H2,1H3,(H,15,19)(H,17,18). The van der Waals surface area contributed by atoms with Gasteiger partial charge in [0.25, 0.3) is 5.91 Å². The van der Waals surface area contributed by atoms with Gasteiger partial charge >= 0.3 is 5.97 Å². The van der Waals surface area contributed by atoms with E-state index in [1.54, 1.807) is 29.7 Å². The predicted octanol–water partition coefficient (Wildman–Crippen LogP) is 0.817. The first kappa shape index (κ1) is 16.4. The minimum atomic E-state index is -0.933. The molecule has 2 heterocycles. The van der Waals surface area contributed by atoms with Gasteiger partial charge in [-0.15, -0.1) is 0 Å². The highest BCUT2D eigenvalue weighted by Crippen LogP contribution is 2.20. The second-order valence-electron chi connectivity index (χ2n) is 5.03. The number of nitrogens with zero attached hydrogens (tertiary/aromatic N) is 1. The third-order valence-electron chi connectivity index (χ3n) is 3.38. The average molecular weight is 326 g/mol. The van der Waals surface area contributed by atoms with Crippen molar-refractivity contribution in [2.24, 2.45) is 0 Å². The van der Waals surface area contributed by atoms with Crippen LogP contribution in [0.5, 0.6) is 0 Å². The zero-order valence-corrected chi connectivity index (χ0v) is 13.0. The molecule has 2 unspecified atom stereocenters. The highest BCUT2D eigenvalue weighted by atomic mass is 32.2. The number of furan rings is 1. The minimum Gasteiger partial charge on any atom is -0.481 e. The van der Waals surface area contributed by atoms with Crippen molar-refractivity contribution in [1.29, 1.82) is 0 Å². The molecule has 1 aromatic heterocycles. The highest BCUT2D eigenvalue weighted by Gasteiger charge is 2.32. The lowest BCUT2D eigenvalue weighted by molar-refractivity contribution is -0.141. The van der Waals surface area contributed by atoms with Gasteiger partial charge in [0.05, 0.1) is 18.7 Å². The van der Waals surface area contributed by atoms with E-state index in [0.717, 1.165) is 5.75 Å². The van der Waals surface area contributed by atoms with Crippen LogP contribution in [0.3, 0.4) is 0 Å². The maximum Gasteiger partial charge on any atom is 0.305 e. The molecule has 7 nitrogen and oxygen atoms in total. The first-order valence-corrected chi connectivity index (χ1v) is 8.09. The second-order valence-corrected chi connectivity index (χ2v) is 6.18. The fourth-order valence-electron chi connectivity index (χ4n) is 2.30. The summed E-state index contributed by atoms with van der Waals surface area (Å²) in [5.74, 6) is -0.176. The Labute approximate surface area is 132 Å². The van der Waals surface area contributed by atoms with Gasteiger partial charge in [0.2, 0.25) is 5.91 Å². The molecule has 2 atom stereocenters. The number of nitrogens with one attached hydrogen (secondary N) is 1. The lowest BCUT2D eigenvalue weighted by Gasteiger charge is -2.36. The zero-order chi connectivity index (χ0) is 16.1. The van der Waals surface area contributed by atoms with E-state index in [2.05, 4.69) is 5.32 Å². The Hall–Kier alpha value is -1.96. The molecule has 2 rings (SSSR count). The van der Waals surface area contributed by atoms with Gasteiger partial charge < -0.3 is 19.7 Å². The molecule has 1 fully saturated rings. The number of thioether (sulfide) groups is 1. The van der Waals surface area contributed by atoms with Crippen LogP contribution in [-0.4, -0.2) is 57.9 Å². The van der Waals surface area contributed by atoms with Crippen molar-refractivity contribution in [2.45, 2.75) is 25.4 Å². The molecular formula is C14H18N2O5S. The topological polar surface area (TPSA) is 99.9 Å². The summed E-state index contributed by atoms with van der Waals surface area (Å²) in [5, 5.41) is 11.5. The summed E-state index contributed by atoms with van der Waals surface area (Å²) in [4.78, 5) is 36.8. The molecule has 2 N–H and O–H groups in total. The average Bonchev–Trinajstić information content (AvgIpc) is 3.00. The summed E-state index contributed by atoms with van der Waals surface area (Å²) in [5.41, 5.74) is 0. The molecule has 0 spiro atoms. The van der Waals surface area contributed by atoms with Gasteiger partial charge in [0.1, 0.15) is 6.04 Å².